The molecule has 0 aliphatic rings. The fraction of sp³-hybridized carbons (Fsp3) is 0.375. The van der Waals surface area contributed by atoms with Gasteiger partial charge in [0.05, 0.1) is 22.8 Å². The molecule has 0 saturated carbocycles. The molecule has 0 fully saturated rings. The predicted molar refractivity (Wildman–Crippen MR) is 77.0 cm³/mol. The summed E-state index contributed by atoms with van der Waals surface area (Å²) in [7, 11) is 0. The molecule has 0 bridgehead atoms. The molecule has 1 N–H and O–H groups in total. The van der Waals surface area contributed by atoms with Gasteiger partial charge in [0.2, 0.25) is 0 Å². The number of rotatable bonds is 3. The highest BCUT2D eigenvalue weighted by Crippen LogP contribution is 2.32. The van der Waals surface area contributed by atoms with Crippen molar-refractivity contribution in [3.05, 3.63) is 35.5 Å². The third kappa shape index (κ3) is 2.15. The Balaban J connectivity index is 2.72. The van der Waals surface area contributed by atoms with Gasteiger partial charge in [0.25, 0.3) is 0 Å². The molecule has 0 aliphatic heterocycles. The highest BCUT2D eigenvalue weighted by atomic mass is 16.3. The van der Waals surface area contributed by atoms with Gasteiger partial charge in [-0.1, -0.05) is 6.92 Å². The van der Waals surface area contributed by atoms with Crippen LogP contribution in [-0.4, -0.2) is 15.3 Å². The Kier molecular flexibility index (Phi) is 3.53. The molecule has 4 heteroatoms. The number of fused-ring (bicyclic) bond motifs is 1. The van der Waals surface area contributed by atoms with Gasteiger partial charge in [0.15, 0.2) is 0 Å². The van der Waals surface area contributed by atoms with E-state index in [1.807, 2.05) is 35.9 Å². The fourth-order valence-corrected chi connectivity index (χ4v) is 2.76. The van der Waals surface area contributed by atoms with E-state index >= 15 is 0 Å². The van der Waals surface area contributed by atoms with E-state index in [1.54, 1.807) is 19.9 Å². The van der Waals surface area contributed by atoms with Crippen LogP contribution in [0.2, 0.25) is 0 Å². The lowest BCUT2D eigenvalue weighted by molar-refractivity contribution is 0.0231. The van der Waals surface area contributed by atoms with E-state index < -0.39 is 5.60 Å². The maximum atomic E-state index is 10.3. The second kappa shape index (κ2) is 5.00. The fourth-order valence-electron chi connectivity index (χ4n) is 2.76. The van der Waals surface area contributed by atoms with Crippen LogP contribution in [0, 0.1) is 22.7 Å². The number of hydrogen-bond donors (Lipinski definition) is 1. The van der Waals surface area contributed by atoms with Crippen molar-refractivity contribution in [3.8, 4) is 12.1 Å². The normalized spacial score (nSPS) is 12.9. The molecule has 4 nitrogen and oxygen atoms in total. The van der Waals surface area contributed by atoms with Crippen LogP contribution < -0.4 is 0 Å². The average Bonchev–Trinajstić information content (AvgIpc) is 2.80. The molecule has 1 unspecified atom stereocenters. The average molecular weight is 267 g/mol. The molecule has 1 aromatic heterocycles. The topological polar surface area (TPSA) is 72.7 Å². The van der Waals surface area contributed by atoms with Gasteiger partial charge in [-0.05, 0) is 38.5 Å². The molecule has 0 radical (unpaired) electrons. The molecule has 1 atom stereocenters. The third-order valence-electron chi connectivity index (χ3n) is 3.67. The first-order chi connectivity index (χ1) is 9.43. The molecule has 0 spiro atoms. The Bertz CT molecular complexity index is 723. The Morgan fingerprint density at radius 3 is 2.45 bits per heavy atom. The zero-order chi connectivity index (χ0) is 14.9. The van der Waals surface area contributed by atoms with Crippen molar-refractivity contribution in [2.75, 3.05) is 0 Å². The van der Waals surface area contributed by atoms with Gasteiger partial charge in [-0.2, -0.15) is 10.5 Å². The minimum absolute atomic E-state index is 0.0838. The molecule has 102 valence electrons. The molecule has 1 heterocycles. The van der Waals surface area contributed by atoms with E-state index in [2.05, 4.69) is 6.07 Å². The summed E-state index contributed by atoms with van der Waals surface area (Å²) in [6, 6.07) is 9.39. The van der Waals surface area contributed by atoms with Gasteiger partial charge >= 0.3 is 0 Å². The first-order valence-electron chi connectivity index (χ1n) is 6.60. The van der Waals surface area contributed by atoms with Crippen LogP contribution in [0.15, 0.2) is 24.4 Å². The Morgan fingerprint density at radius 2 is 1.95 bits per heavy atom. The number of hydrogen-bond acceptors (Lipinski definition) is 3. The van der Waals surface area contributed by atoms with Crippen molar-refractivity contribution in [1.29, 1.82) is 10.5 Å². The lowest BCUT2D eigenvalue weighted by atomic mass is 9.96. The lowest BCUT2D eigenvalue weighted by Crippen LogP contribution is -2.32. The molecular weight excluding hydrogens is 250 g/mol. The van der Waals surface area contributed by atoms with Crippen molar-refractivity contribution in [1.82, 2.24) is 4.57 Å². The summed E-state index contributed by atoms with van der Waals surface area (Å²) in [6.45, 7) is 5.58. The molecule has 1 aromatic carbocycles. The smallest absolute Gasteiger partial charge is 0.101 e. The summed E-state index contributed by atoms with van der Waals surface area (Å²) in [4.78, 5) is 0. The summed E-state index contributed by atoms with van der Waals surface area (Å²) < 4.78 is 1.98. The number of nitrogens with zero attached hydrogens (tertiary/aromatic N) is 3. The summed E-state index contributed by atoms with van der Waals surface area (Å²) in [5.74, 6) is 0. The zero-order valence-corrected chi connectivity index (χ0v) is 11.9. The number of benzene rings is 1. The van der Waals surface area contributed by atoms with E-state index in [1.165, 1.54) is 0 Å². The van der Waals surface area contributed by atoms with Gasteiger partial charge in [-0.15, -0.1) is 0 Å². The van der Waals surface area contributed by atoms with Crippen LogP contribution in [-0.2, 0) is 0 Å². The van der Waals surface area contributed by atoms with Gasteiger partial charge in [-0.25, -0.2) is 0 Å². The molecule has 0 saturated heterocycles. The first kappa shape index (κ1) is 14.1. The summed E-state index contributed by atoms with van der Waals surface area (Å²) in [6.07, 6.45) is 2.65. The van der Waals surface area contributed by atoms with E-state index in [4.69, 9.17) is 5.26 Å². The second-order valence-electron chi connectivity index (χ2n) is 5.45. The highest BCUT2D eigenvalue weighted by molar-refractivity contribution is 5.88. The van der Waals surface area contributed by atoms with E-state index in [0.717, 1.165) is 17.3 Å². The molecule has 0 aliphatic carbocycles. The SMILES string of the molecule is CCC(n1ccc2c(C#N)c(C#N)ccc21)C(C)(C)O. The Labute approximate surface area is 118 Å². The van der Waals surface area contributed by atoms with Gasteiger partial charge in [-0.3, -0.25) is 0 Å². The van der Waals surface area contributed by atoms with Crippen molar-refractivity contribution in [3.63, 3.8) is 0 Å². The van der Waals surface area contributed by atoms with E-state index in [-0.39, 0.29) is 6.04 Å². The zero-order valence-electron chi connectivity index (χ0n) is 11.9. The maximum absolute atomic E-state index is 10.3. The number of aromatic nitrogens is 1. The van der Waals surface area contributed by atoms with Crippen molar-refractivity contribution in [2.24, 2.45) is 0 Å². The summed E-state index contributed by atoms with van der Waals surface area (Å²) in [5.41, 5.74) is 0.791. The second-order valence-corrected chi connectivity index (χ2v) is 5.45. The monoisotopic (exact) mass is 267 g/mol. The largest absolute Gasteiger partial charge is 0.388 e. The first-order valence-corrected chi connectivity index (χ1v) is 6.60. The van der Waals surface area contributed by atoms with Crippen LogP contribution in [0.25, 0.3) is 10.9 Å². The Morgan fingerprint density at radius 1 is 1.25 bits per heavy atom. The number of aliphatic hydroxyl groups is 1. The van der Waals surface area contributed by atoms with Crippen LogP contribution >= 0.6 is 0 Å². The minimum Gasteiger partial charge on any atom is -0.388 e. The Hall–Kier alpha value is -2.30. The molecule has 2 rings (SSSR count). The van der Waals surface area contributed by atoms with E-state index in [9.17, 15) is 10.4 Å². The quantitative estimate of drug-likeness (QED) is 0.928. The van der Waals surface area contributed by atoms with Gasteiger partial charge in [0, 0.05) is 17.1 Å². The minimum atomic E-state index is -0.860. The van der Waals surface area contributed by atoms with Crippen molar-refractivity contribution < 1.29 is 5.11 Å². The van der Waals surface area contributed by atoms with Crippen LogP contribution in [0.4, 0.5) is 0 Å². The predicted octanol–water partition coefficient (Wildman–Crippen LogP) is 3.11. The number of nitriles is 2. The van der Waals surface area contributed by atoms with Crippen LogP contribution in [0.1, 0.15) is 44.4 Å². The third-order valence-corrected chi connectivity index (χ3v) is 3.67. The van der Waals surface area contributed by atoms with Gasteiger partial charge in [0.1, 0.15) is 12.1 Å². The standard InChI is InChI=1S/C16H17N3O/c1-4-15(16(2,3)20)19-8-7-12-13(10-18)11(9-17)5-6-14(12)19/h5-8,15,20H,4H2,1-3H3. The highest BCUT2D eigenvalue weighted by Gasteiger charge is 2.27. The van der Waals surface area contributed by atoms with Crippen molar-refractivity contribution in [2.45, 2.75) is 38.8 Å². The summed E-state index contributed by atoms with van der Waals surface area (Å²) >= 11 is 0. The van der Waals surface area contributed by atoms with Crippen LogP contribution in [0.5, 0.6) is 0 Å². The lowest BCUT2D eigenvalue weighted by Gasteiger charge is -2.30. The van der Waals surface area contributed by atoms with Crippen molar-refractivity contribution >= 4 is 10.9 Å². The molecule has 20 heavy (non-hydrogen) atoms. The van der Waals surface area contributed by atoms with E-state index in [0.29, 0.717) is 11.1 Å². The van der Waals surface area contributed by atoms with Crippen LogP contribution in [0.3, 0.4) is 0 Å². The molecule has 2 aromatic rings. The maximum Gasteiger partial charge on any atom is 0.101 e. The van der Waals surface area contributed by atoms with Gasteiger partial charge < -0.3 is 9.67 Å². The summed E-state index contributed by atoms with van der Waals surface area (Å²) in [5, 5.41) is 29.4. The molecular formula is C16H17N3O. The molecule has 0 amide bonds.